The van der Waals surface area contributed by atoms with Crippen molar-refractivity contribution in [3.8, 4) is 5.69 Å². The average Bonchev–Trinajstić information content (AvgIpc) is 2.89. The number of ether oxygens (including phenoxy) is 1. The number of aromatic nitrogens is 2. The number of fused-ring (bicyclic) bond motifs is 3. The quantitative estimate of drug-likeness (QED) is 0.256. The first kappa shape index (κ1) is 20.2. The van der Waals surface area contributed by atoms with Gasteiger partial charge in [0.05, 0.1) is 23.4 Å². The highest BCUT2D eigenvalue weighted by molar-refractivity contribution is 7.99. The molecule has 0 saturated carbocycles. The van der Waals surface area contributed by atoms with Crippen molar-refractivity contribution in [1.29, 1.82) is 0 Å². The normalized spacial score (nSPS) is 13.9. The summed E-state index contributed by atoms with van der Waals surface area (Å²) in [6, 6.07) is 7.84. The lowest BCUT2D eigenvalue weighted by Gasteiger charge is -2.12. The molecule has 7 heteroatoms. The third kappa shape index (κ3) is 4.12. The van der Waals surface area contributed by atoms with E-state index in [9.17, 15) is 9.59 Å². The Balaban J connectivity index is 1.87. The average molecular weight is 429 g/mol. The molecule has 0 amide bonds. The number of nitrogens with zero attached hydrogens (tertiary/aromatic N) is 2. The molecule has 0 N–H and O–H groups in total. The van der Waals surface area contributed by atoms with E-state index in [2.05, 4.69) is 0 Å². The van der Waals surface area contributed by atoms with Gasteiger partial charge in [-0.05, 0) is 57.2 Å². The minimum Gasteiger partial charge on any atom is -0.465 e. The molecule has 5 nitrogen and oxygen atoms in total. The second-order valence-electron chi connectivity index (χ2n) is 7.21. The summed E-state index contributed by atoms with van der Waals surface area (Å²) < 4.78 is 6.71. The largest absolute Gasteiger partial charge is 0.465 e. The van der Waals surface area contributed by atoms with Gasteiger partial charge in [0.15, 0.2) is 5.16 Å². The summed E-state index contributed by atoms with van der Waals surface area (Å²) in [7, 11) is 0. The van der Waals surface area contributed by atoms with E-state index in [1.165, 1.54) is 28.6 Å². The first-order chi connectivity index (χ1) is 14.1. The van der Waals surface area contributed by atoms with Crippen LogP contribution in [0.25, 0.3) is 15.9 Å². The molecule has 29 heavy (non-hydrogen) atoms. The molecule has 4 rings (SSSR count). The summed E-state index contributed by atoms with van der Waals surface area (Å²) in [6.07, 6.45) is 5.44. The maximum atomic E-state index is 13.7. The van der Waals surface area contributed by atoms with E-state index < -0.39 is 0 Å². The van der Waals surface area contributed by atoms with E-state index in [1.807, 2.05) is 31.2 Å². The summed E-state index contributed by atoms with van der Waals surface area (Å²) in [5.74, 6) is -0.174. The first-order valence-corrected chi connectivity index (χ1v) is 11.8. The molecule has 0 radical (unpaired) electrons. The third-order valence-electron chi connectivity index (χ3n) is 5.12. The molecule has 1 aromatic carbocycles. The summed E-state index contributed by atoms with van der Waals surface area (Å²) in [5, 5.41) is 1.30. The summed E-state index contributed by atoms with van der Waals surface area (Å²) >= 11 is 2.90. The van der Waals surface area contributed by atoms with Gasteiger partial charge in [-0.15, -0.1) is 11.3 Å². The standard InChI is InChI=1S/C22H24N2O3S2/c1-3-27-18(25)13-28-22-23-20-19(16-7-5-4-6-8-17(16)29-20)21(26)24(22)15-11-9-14(2)10-12-15/h9-12H,3-8,13H2,1-2H3. The van der Waals surface area contributed by atoms with Crippen LogP contribution in [0.4, 0.5) is 0 Å². The number of carbonyl (C=O) groups is 1. The smallest absolute Gasteiger partial charge is 0.316 e. The number of hydrogen-bond acceptors (Lipinski definition) is 6. The minimum atomic E-state index is -0.302. The number of aryl methyl sites for hydroxylation is 3. The van der Waals surface area contributed by atoms with Crippen molar-refractivity contribution in [3.63, 3.8) is 0 Å². The summed E-state index contributed by atoms with van der Waals surface area (Å²) in [6.45, 7) is 4.14. The SMILES string of the molecule is CCOC(=O)CSc1nc2sc3c(c2c(=O)n1-c1ccc(C)cc1)CCCCC3. The van der Waals surface area contributed by atoms with Gasteiger partial charge >= 0.3 is 5.97 Å². The van der Waals surface area contributed by atoms with Gasteiger partial charge in [0.1, 0.15) is 4.83 Å². The topological polar surface area (TPSA) is 61.2 Å². The van der Waals surface area contributed by atoms with Gasteiger partial charge < -0.3 is 4.74 Å². The van der Waals surface area contributed by atoms with Crippen molar-refractivity contribution in [3.05, 3.63) is 50.6 Å². The highest BCUT2D eigenvalue weighted by Crippen LogP contribution is 2.34. The molecule has 0 unspecified atom stereocenters. The second-order valence-corrected chi connectivity index (χ2v) is 9.23. The molecule has 152 valence electrons. The van der Waals surface area contributed by atoms with Crippen molar-refractivity contribution in [2.24, 2.45) is 0 Å². The number of hydrogen-bond donors (Lipinski definition) is 0. The Bertz CT molecular complexity index is 1100. The second kappa shape index (κ2) is 8.71. The molecule has 0 atom stereocenters. The molecule has 0 saturated heterocycles. The number of carbonyl (C=O) groups excluding carboxylic acids is 1. The van der Waals surface area contributed by atoms with Crippen LogP contribution in [0.1, 0.15) is 42.2 Å². The van der Waals surface area contributed by atoms with Gasteiger partial charge in [-0.2, -0.15) is 0 Å². The van der Waals surface area contributed by atoms with Gasteiger partial charge in [0.2, 0.25) is 0 Å². The predicted octanol–water partition coefficient (Wildman–Crippen LogP) is 4.68. The van der Waals surface area contributed by atoms with Crippen LogP contribution in [0.3, 0.4) is 0 Å². The fraction of sp³-hybridized carbons (Fsp3) is 0.409. The monoisotopic (exact) mass is 428 g/mol. The van der Waals surface area contributed by atoms with E-state index in [-0.39, 0.29) is 17.3 Å². The molecule has 0 spiro atoms. The van der Waals surface area contributed by atoms with Gasteiger partial charge in [0, 0.05) is 4.88 Å². The fourth-order valence-corrected chi connectivity index (χ4v) is 5.82. The molecule has 2 heterocycles. The molecule has 0 bridgehead atoms. The molecule has 0 aliphatic heterocycles. The van der Waals surface area contributed by atoms with Crippen molar-refractivity contribution >= 4 is 39.3 Å². The lowest BCUT2D eigenvalue weighted by molar-refractivity contribution is -0.139. The maximum Gasteiger partial charge on any atom is 0.316 e. The molecule has 1 aliphatic rings. The Morgan fingerprint density at radius 1 is 1.21 bits per heavy atom. The Hall–Kier alpha value is -2.12. The van der Waals surface area contributed by atoms with Crippen LogP contribution < -0.4 is 5.56 Å². The van der Waals surface area contributed by atoms with Crippen LogP contribution in [-0.2, 0) is 22.4 Å². The van der Waals surface area contributed by atoms with Crippen LogP contribution in [0, 0.1) is 6.92 Å². The number of benzene rings is 1. The zero-order valence-electron chi connectivity index (χ0n) is 16.7. The molecule has 1 aliphatic carbocycles. The van der Waals surface area contributed by atoms with E-state index in [4.69, 9.17) is 9.72 Å². The van der Waals surface area contributed by atoms with Crippen LogP contribution in [0.15, 0.2) is 34.2 Å². The number of rotatable bonds is 5. The van der Waals surface area contributed by atoms with Crippen molar-refractivity contribution < 1.29 is 9.53 Å². The summed E-state index contributed by atoms with van der Waals surface area (Å²) in [5.41, 5.74) is 3.04. The van der Waals surface area contributed by atoms with E-state index in [0.29, 0.717) is 11.8 Å². The Morgan fingerprint density at radius 3 is 2.72 bits per heavy atom. The maximum absolute atomic E-state index is 13.7. The highest BCUT2D eigenvalue weighted by atomic mass is 32.2. The molecular weight excluding hydrogens is 404 g/mol. The molecule has 2 aromatic heterocycles. The minimum absolute atomic E-state index is 0.0374. The lowest BCUT2D eigenvalue weighted by atomic mass is 10.1. The van der Waals surface area contributed by atoms with Crippen LogP contribution in [0.2, 0.25) is 0 Å². The zero-order chi connectivity index (χ0) is 20.4. The van der Waals surface area contributed by atoms with E-state index in [1.54, 1.807) is 22.8 Å². The fourth-order valence-electron chi connectivity index (χ4n) is 3.71. The van der Waals surface area contributed by atoms with Crippen molar-refractivity contribution in [2.45, 2.75) is 51.1 Å². The van der Waals surface area contributed by atoms with E-state index >= 15 is 0 Å². The first-order valence-electron chi connectivity index (χ1n) is 10.0. The summed E-state index contributed by atoms with van der Waals surface area (Å²) in [4.78, 5) is 32.5. The molecular formula is C22H24N2O3S2. The third-order valence-corrected chi connectivity index (χ3v) is 7.22. The molecule has 3 aromatic rings. The number of esters is 1. The number of thioether (sulfide) groups is 1. The number of thiophene rings is 1. The van der Waals surface area contributed by atoms with Crippen molar-refractivity contribution in [1.82, 2.24) is 9.55 Å². The Labute approximate surface area is 178 Å². The van der Waals surface area contributed by atoms with E-state index in [0.717, 1.165) is 47.2 Å². The van der Waals surface area contributed by atoms with Gasteiger partial charge in [-0.25, -0.2) is 4.98 Å². The van der Waals surface area contributed by atoms with Gasteiger partial charge in [-0.3, -0.25) is 14.2 Å². The lowest BCUT2D eigenvalue weighted by Crippen LogP contribution is -2.22. The van der Waals surface area contributed by atoms with Crippen LogP contribution in [-0.4, -0.2) is 27.9 Å². The predicted molar refractivity (Wildman–Crippen MR) is 119 cm³/mol. The van der Waals surface area contributed by atoms with Crippen LogP contribution >= 0.6 is 23.1 Å². The molecule has 0 fully saturated rings. The van der Waals surface area contributed by atoms with Crippen molar-refractivity contribution in [2.75, 3.05) is 12.4 Å². The van der Waals surface area contributed by atoms with Gasteiger partial charge in [-0.1, -0.05) is 35.9 Å². The van der Waals surface area contributed by atoms with Gasteiger partial charge in [0.25, 0.3) is 5.56 Å². The Kier molecular flexibility index (Phi) is 6.06. The highest BCUT2D eigenvalue weighted by Gasteiger charge is 2.22. The Morgan fingerprint density at radius 2 is 1.97 bits per heavy atom. The van der Waals surface area contributed by atoms with Crippen LogP contribution in [0.5, 0.6) is 0 Å². The zero-order valence-corrected chi connectivity index (χ0v) is 18.3.